The highest BCUT2D eigenvalue weighted by atomic mass is 14.9. The van der Waals surface area contributed by atoms with Crippen molar-refractivity contribution in [2.75, 3.05) is 6.54 Å². The van der Waals surface area contributed by atoms with Gasteiger partial charge in [-0.25, -0.2) is 0 Å². The molecule has 2 unspecified atom stereocenters. The molecular formula is C19H31N. The molecule has 0 amide bonds. The van der Waals surface area contributed by atoms with Gasteiger partial charge in [0.1, 0.15) is 0 Å². The van der Waals surface area contributed by atoms with Crippen LogP contribution in [0.15, 0.2) is 18.2 Å². The van der Waals surface area contributed by atoms with Crippen LogP contribution in [-0.4, -0.2) is 12.1 Å². The molecule has 1 saturated carbocycles. The second-order valence-electron chi connectivity index (χ2n) is 7.78. The largest absolute Gasteiger partial charge is 0.312 e. The van der Waals surface area contributed by atoms with Crippen LogP contribution in [-0.2, 0) is 6.42 Å². The molecule has 1 aromatic carbocycles. The van der Waals surface area contributed by atoms with Gasteiger partial charge in [-0.15, -0.1) is 0 Å². The molecule has 1 fully saturated rings. The van der Waals surface area contributed by atoms with Crippen molar-refractivity contribution < 1.29 is 0 Å². The van der Waals surface area contributed by atoms with Gasteiger partial charge in [0.15, 0.2) is 0 Å². The van der Waals surface area contributed by atoms with Crippen molar-refractivity contribution in [1.82, 2.24) is 5.32 Å². The first-order valence-electron chi connectivity index (χ1n) is 8.16. The van der Waals surface area contributed by atoms with E-state index in [-0.39, 0.29) is 5.54 Å². The highest BCUT2D eigenvalue weighted by Crippen LogP contribution is 2.34. The highest BCUT2D eigenvalue weighted by Gasteiger charge is 2.28. The Balaban J connectivity index is 1.97. The number of benzene rings is 1. The average molecular weight is 273 g/mol. The molecule has 0 heterocycles. The Morgan fingerprint density at radius 2 is 1.60 bits per heavy atom. The lowest BCUT2D eigenvalue weighted by molar-refractivity contribution is 0.317. The van der Waals surface area contributed by atoms with Crippen LogP contribution in [0.25, 0.3) is 0 Å². The van der Waals surface area contributed by atoms with Crippen molar-refractivity contribution in [1.29, 1.82) is 0 Å². The van der Waals surface area contributed by atoms with Gasteiger partial charge in [0.05, 0.1) is 0 Å². The Morgan fingerprint density at radius 3 is 2.20 bits per heavy atom. The summed E-state index contributed by atoms with van der Waals surface area (Å²) in [5.41, 5.74) is 4.59. The molecule has 2 atom stereocenters. The van der Waals surface area contributed by atoms with Gasteiger partial charge < -0.3 is 5.32 Å². The molecule has 20 heavy (non-hydrogen) atoms. The molecule has 0 aromatic heterocycles. The molecule has 0 spiro atoms. The number of rotatable bonds is 4. The van der Waals surface area contributed by atoms with Gasteiger partial charge in [0, 0.05) is 5.54 Å². The summed E-state index contributed by atoms with van der Waals surface area (Å²) in [5, 5.41) is 3.70. The number of hydrogen-bond donors (Lipinski definition) is 1. The number of nitrogens with one attached hydrogen (secondary N) is 1. The average Bonchev–Trinajstić information content (AvgIpc) is 2.71. The van der Waals surface area contributed by atoms with Crippen LogP contribution in [0.3, 0.4) is 0 Å². The second kappa shape index (κ2) is 6.30. The quantitative estimate of drug-likeness (QED) is 0.842. The first-order valence-corrected chi connectivity index (χ1v) is 8.16. The monoisotopic (exact) mass is 273 g/mol. The fraction of sp³-hybridized carbons (Fsp3) is 0.684. The van der Waals surface area contributed by atoms with E-state index in [0.29, 0.717) is 0 Å². The van der Waals surface area contributed by atoms with Gasteiger partial charge in [-0.2, -0.15) is 0 Å². The SMILES string of the molecule is Cc1cc(C)cc(CC2CCCC2CNC(C)(C)C)c1. The van der Waals surface area contributed by atoms with Gasteiger partial charge in [0.25, 0.3) is 0 Å². The van der Waals surface area contributed by atoms with Crippen LogP contribution in [0.1, 0.15) is 56.7 Å². The van der Waals surface area contributed by atoms with Crippen LogP contribution >= 0.6 is 0 Å². The smallest absolute Gasteiger partial charge is 0.00966 e. The zero-order valence-corrected chi connectivity index (χ0v) is 13.9. The minimum atomic E-state index is 0.243. The first kappa shape index (κ1) is 15.6. The van der Waals surface area contributed by atoms with E-state index in [1.807, 2.05) is 0 Å². The summed E-state index contributed by atoms with van der Waals surface area (Å²) in [7, 11) is 0. The molecule has 2 rings (SSSR count). The molecule has 0 aliphatic heterocycles. The standard InChI is InChI=1S/C19H31N/c1-14-9-15(2)11-16(10-14)12-17-7-6-8-18(17)13-20-19(3,4)5/h9-11,17-18,20H,6-8,12-13H2,1-5H3. The van der Waals surface area contributed by atoms with E-state index in [9.17, 15) is 0 Å². The summed E-state index contributed by atoms with van der Waals surface area (Å²) in [6.07, 6.45) is 5.48. The van der Waals surface area contributed by atoms with Gasteiger partial charge in [0.2, 0.25) is 0 Å². The van der Waals surface area contributed by atoms with E-state index in [0.717, 1.165) is 11.8 Å². The minimum absolute atomic E-state index is 0.243. The fourth-order valence-electron chi connectivity index (χ4n) is 3.58. The number of aryl methyl sites for hydroxylation is 2. The summed E-state index contributed by atoms with van der Waals surface area (Å²) < 4.78 is 0. The summed E-state index contributed by atoms with van der Waals surface area (Å²) in [6, 6.07) is 7.02. The van der Waals surface area contributed by atoms with Crippen LogP contribution in [0.4, 0.5) is 0 Å². The highest BCUT2D eigenvalue weighted by molar-refractivity contribution is 5.29. The van der Waals surface area contributed by atoms with Crippen LogP contribution in [0.5, 0.6) is 0 Å². The molecule has 0 bridgehead atoms. The summed E-state index contributed by atoms with van der Waals surface area (Å²) in [6.45, 7) is 12.4. The molecule has 1 heteroatoms. The van der Waals surface area contributed by atoms with Crippen LogP contribution in [0, 0.1) is 25.7 Å². The maximum Gasteiger partial charge on any atom is 0.00966 e. The summed E-state index contributed by atoms with van der Waals surface area (Å²) in [5.74, 6) is 1.72. The molecule has 1 aliphatic carbocycles. The molecule has 1 aliphatic rings. The maximum atomic E-state index is 3.70. The maximum absolute atomic E-state index is 3.70. The van der Waals surface area contributed by atoms with Crippen molar-refractivity contribution in [2.24, 2.45) is 11.8 Å². The van der Waals surface area contributed by atoms with E-state index in [4.69, 9.17) is 0 Å². The Hall–Kier alpha value is -0.820. The van der Waals surface area contributed by atoms with E-state index in [1.54, 1.807) is 0 Å². The Morgan fingerprint density at radius 1 is 1.00 bits per heavy atom. The van der Waals surface area contributed by atoms with E-state index < -0.39 is 0 Å². The van der Waals surface area contributed by atoms with Gasteiger partial charge in [-0.1, -0.05) is 35.7 Å². The van der Waals surface area contributed by atoms with Gasteiger partial charge in [-0.3, -0.25) is 0 Å². The molecule has 1 nitrogen and oxygen atoms in total. The normalized spacial score (nSPS) is 23.2. The lowest BCUT2D eigenvalue weighted by Gasteiger charge is -2.26. The van der Waals surface area contributed by atoms with Crippen LogP contribution in [0.2, 0.25) is 0 Å². The third-order valence-electron chi connectivity index (χ3n) is 4.49. The third kappa shape index (κ3) is 4.63. The topological polar surface area (TPSA) is 12.0 Å². The Kier molecular flexibility index (Phi) is 4.90. The molecule has 0 radical (unpaired) electrons. The summed E-state index contributed by atoms with van der Waals surface area (Å²) in [4.78, 5) is 0. The van der Waals surface area contributed by atoms with Crippen LogP contribution < -0.4 is 5.32 Å². The van der Waals surface area contributed by atoms with Crippen molar-refractivity contribution in [3.05, 3.63) is 34.9 Å². The van der Waals surface area contributed by atoms with Crippen molar-refractivity contribution in [2.45, 2.75) is 65.8 Å². The molecule has 0 saturated heterocycles. The molecule has 1 N–H and O–H groups in total. The molecule has 112 valence electrons. The Bertz CT molecular complexity index is 421. The lowest BCUT2D eigenvalue weighted by Crippen LogP contribution is -2.40. The third-order valence-corrected chi connectivity index (χ3v) is 4.49. The zero-order valence-electron chi connectivity index (χ0n) is 13.9. The molecule has 1 aromatic rings. The first-order chi connectivity index (χ1) is 9.33. The predicted molar refractivity (Wildman–Crippen MR) is 88.2 cm³/mol. The predicted octanol–water partition coefficient (Wildman–Crippen LogP) is 4.65. The molecular weight excluding hydrogens is 242 g/mol. The van der Waals surface area contributed by atoms with Crippen molar-refractivity contribution in [3.63, 3.8) is 0 Å². The van der Waals surface area contributed by atoms with E-state index in [2.05, 4.69) is 58.1 Å². The van der Waals surface area contributed by atoms with Gasteiger partial charge >= 0.3 is 0 Å². The minimum Gasteiger partial charge on any atom is -0.312 e. The van der Waals surface area contributed by atoms with Crippen molar-refractivity contribution >= 4 is 0 Å². The van der Waals surface area contributed by atoms with Gasteiger partial charge in [-0.05, 0) is 77.8 Å². The second-order valence-corrected chi connectivity index (χ2v) is 7.78. The van der Waals surface area contributed by atoms with E-state index in [1.165, 1.54) is 48.9 Å². The fourth-order valence-corrected chi connectivity index (χ4v) is 3.58. The number of hydrogen-bond acceptors (Lipinski definition) is 1. The summed E-state index contributed by atoms with van der Waals surface area (Å²) >= 11 is 0. The lowest BCUT2D eigenvalue weighted by atomic mass is 9.88. The zero-order chi connectivity index (χ0) is 14.8. The van der Waals surface area contributed by atoms with Crippen molar-refractivity contribution in [3.8, 4) is 0 Å². The Labute approximate surface area is 125 Å². The van der Waals surface area contributed by atoms with E-state index >= 15 is 0 Å².